The first-order valence-corrected chi connectivity index (χ1v) is 7.05. The van der Waals surface area contributed by atoms with E-state index >= 15 is 0 Å². The van der Waals surface area contributed by atoms with Gasteiger partial charge >= 0.3 is 15.2 Å². The highest BCUT2D eigenvalue weighted by atomic mass is 32.8. The van der Waals surface area contributed by atoms with E-state index in [-0.39, 0.29) is 0 Å². The fourth-order valence-corrected chi connectivity index (χ4v) is 0.858. The van der Waals surface area contributed by atoms with Crippen molar-refractivity contribution in [1.29, 1.82) is 0 Å². The van der Waals surface area contributed by atoms with Crippen molar-refractivity contribution in [3.8, 4) is 0 Å². The van der Waals surface area contributed by atoms with Gasteiger partial charge in [0.15, 0.2) is 0 Å². The summed E-state index contributed by atoms with van der Waals surface area (Å²) >= 11 is 1.60. The minimum absolute atomic E-state index is 0.454. The Labute approximate surface area is 90.1 Å². The third-order valence-electron chi connectivity index (χ3n) is 1.01. The molecule has 0 aliphatic carbocycles. The lowest BCUT2D eigenvalue weighted by Crippen LogP contribution is -2.30. The number of aliphatic carboxylic acids is 1. The zero-order valence-corrected chi connectivity index (χ0v) is 9.82. The molecule has 0 bridgehead atoms. The van der Waals surface area contributed by atoms with Crippen LogP contribution in [0.25, 0.3) is 0 Å². The molecule has 6 nitrogen and oxygen atoms in total. The minimum atomic E-state index is -2.46. The van der Waals surface area contributed by atoms with E-state index in [1.807, 2.05) is 6.26 Å². The Morgan fingerprint density at radius 2 is 2.00 bits per heavy atom. The normalized spacial score (nSPS) is 10.7. The molecule has 0 saturated carbocycles. The predicted octanol–water partition coefficient (Wildman–Crippen LogP) is -0.855. The SMILES string of the molecule is CSCCC(N)C(=O)O.O=S=S(=O)=O. The Balaban J connectivity index is 0. The van der Waals surface area contributed by atoms with Gasteiger partial charge in [-0.3, -0.25) is 4.79 Å². The molecule has 1 unspecified atom stereocenters. The number of hydrogen-bond acceptors (Lipinski definition) is 6. The topological polar surface area (TPSA) is 115 Å². The van der Waals surface area contributed by atoms with Gasteiger partial charge in [-0.1, -0.05) is 0 Å². The molecule has 0 rings (SSSR count). The average molecular weight is 261 g/mol. The Hall–Kier alpha value is -0.380. The molecule has 84 valence electrons. The third kappa shape index (κ3) is 14.2. The second-order valence-electron chi connectivity index (χ2n) is 2.00. The number of carbonyl (C=O) groups is 1. The summed E-state index contributed by atoms with van der Waals surface area (Å²) in [6.45, 7) is 0. The van der Waals surface area contributed by atoms with Crippen molar-refractivity contribution < 1.29 is 22.5 Å². The van der Waals surface area contributed by atoms with Gasteiger partial charge in [-0.2, -0.15) is 24.4 Å². The first-order valence-electron chi connectivity index (χ1n) is 3.32. The van der Waals surface area contributed by atoms with Crippen LogP contribution in [0.15, 0.2) is 0 Å². The van der Waals surface area contributed by atoms with Crippen molar-refractivity contribution >= 4 is 37.2 Å². The lowest BCUT2D eigenvalue weighted by molar-refractivity contribution is -0.138. The number of thioether (sulfide) groups is 1. The van der Waals surface area contributed by atoms with Crippen LogP contribution in [-0.4, -0.2) is 41.8 Å². The fraction of sp³-hybridized carbons (Fsp3) is 0.800. The number of hydrogen-bond donors (Lipinski definition) is 2. The molecule has 0 saturated heterocycles. The van der Waals surface area contributed by atoms with E-state index in [1.165, 1.54) is 0 Å². The van der Waals surface area contributed by atoms with Crippen LogP contribution >= 0.6 is 11.8 Å². The molecule has 0 aliphatic rings. The van der Waals surface area contributed by atoms with Gasteiger partial charge in [0.2, 0.25) is 10.2 Å². The predicted molar refractivity (Wildman–Crippen MR) is 55.7 cm³/mol. The van der Waals surface area contributed by atoms with Crippen molar-refractivity contribution in [2.75, 3.05) is 12.0 Å². The van der Waals surface area contributed by atoms with E-state index in [9.17, 15) is 4.79 Å². The van der Waals surface area contributed by atoms with Crippen LogP contribution in [0.2, 0.25) is 0 Å². The molecule has 0 spiro atoms. The lowest BCUT2D eigenvalue weighted by atomic mass is 10.2. The van der Waals surface area contributed by atoms with E-state index in [0.717, 1.165) is 5.75 Å². The Morgan fingerprint density at radius 1 is 1.57 bits per heavy atom. The summed E-state index contributed by atoms with van der Waals surface area (Å²) in [5.41, 5.74) is 5.19. The summed E-state index contributed by atoms with van der Waals surface area (Å²) in [7, 11) is -2.92. The molecule has 0 heterocycles. The van der Waals surface area contributed by atoms with Crippen molar-refractivity contribution in [2.45, 2.75) is 12.5 Å². The van der Waals surface area contributed by atoms with E-state index in [4.69, 9.17) is 23.5 Å². The summed E-state index contributed by atoms with van der Waals surface area (Å²) in [4.78, 5) is 10.1. The monoisotopic (exact) mass is 261 g/mol. The number of nitrogens with two attached hydrogens (primary N) is 1. The van der Waals surface area contributed by atoms with Crippen LogP contribution in [0.5, 0.6) is 0 Å². The van der Waals surface area contributed by atoms with Crippen molar-refractivity contribution in [1.82, 2.24) is 0 Å². The molecule has 9 heteroatoms. The highest BCUT2D eigenvalue weighted by Gasteiger charge is 2.08. The molecular formula is C5H11NO5S3. The molecule has 14 heavy (non-hydrogen) atoms. The highest BCUT2D eigenvalue weighted by Crippen LogP contribution is 1.97. The average Bonchev–Trinajstić information content (AvgIpc) is 2.14. The standard InChI is InChI=1S/C5H11NO2S.O3S2/c1-9-3-2-4(6)5(7)8;1-4-5(2)3/h4H,2-3,6H2,1H3,(H,7,8);. The maximum atomic E-state index is 10.1. The molecule has 0 amide bonds. The Kier molecular flexibility index (Phi) is 12.3. The molecule has 3 N–H and O–H groups in total. The van der Waals surface area contributed by atoms with Crippen LogP contribution < -0.4 is 5.73 Å². The zero-order chi connectivity index (χ0) is 11.6. The molecular weight excluding hydrogens is 250 g/mol. The fourth-order valence-electron chi connectivity index (χ4n) is 0.368. The van der Waals surface area contributed by atoms with Gasteiger partial charge in [-0.25, -0.2) is 0 Å². The highest BCUT2D eigenvalue weighted by molar-refractivity contribution is 8.17. The summed E-state index contributed by atoms with van der Waals surface area (Å²) in [6, 6.07) is -0.683. The first kappa shape index (κ1) is 16.1. The van der Waals surface area contributed by atoms with E-state index in [1.54, 1.807) is 11.8 Å². The molecule has 0 radical (unpaired) electrons. The molecule has 0 aliphatic heterocycles. The van der Waals surface area contributed by atoms with Crippen LogP contribution in [0.4, 0.5) is 0 Å². The number of carboxylic acids is 1. The van der Waals surface area contributed by atoms with Gasteiger partial charge in [0.1, 0.15) is 6.04 Å². The maximum absolute atomic E-state index is 10.1. The largest absolute Gasteiger partial charge is 0.480 e. The van der Waals surface area contributed by atoms with E-state index in [0.29, 0.717) is 6.42 Å². The summed E-state index contributed by atoms with van der Waals surface area (Å²) in [6.07, 6.45) is 2.48. The van der Waals surface area contributed by atoms with Gasteiger partial charge in [0, 0.05) is 0 Å². The Bertz CT molecular complexity index is 299. The van der Waals surface area contributed by atoms with Gasteiger partial charge in [0.25, 0.3) is 0 Å². The van der Waals surface area contributed by atoms with Gasteiger partial charge < -0.3 is 10.8 Å². The van der Waals surface area contributed by atoms with Crippen LogP contribution in [0, 0.1) is 0 Å². The van der Waals surface area contributed by atoms with Crippen molar-refractivity contribution in [2.24, 2.45) is 5.73 Å². The first-order chi connectivity index (χ1) is 6.45. The van der Waals surface area contributed by atoms with Crippen LogP contribution in [0.3, 0.4) is 0 Å². The zero-order valence-electron chi connectivity index (χ0n) is 7.37. The second kappa shape index (κ2) is 10.7. The second-order valence-corrected chi connectivity index (χ2v) is 4.75. The number of rotatable bonds is 4. The smallest absolute Gasteiger partial charge is 0.320 e. The third-order valence-corrected chi connectivity index (χ3v) is 2.09. The van der Waals surface area contributed by atoms with Gasteiger partial charge in [-0.15, -0.1) is 0 Å². The molecule has 1 atom stereocenters. The number of carboxylic acid groups (broad SMARTS) is 1. The molecule has 0 fully saturated rings. The minimum Gasteiger partial charge on any atom is -0.480 e. The lowest BCUT2D eigenvalue weighted by Gasteiger charge is -2.02. The van der Waals surface area contributed by atoms with Gasteiger partial charge in [-0.05, 0) is 18.4 Å². The quantitative estimate of drug-likeness (QED) is 0.677. The molecule has 0 aromatic heterocycles. The molecule has 0 aromatic carbocycles. The molecule has 0 aromatic rings. The van der Waals surface area contributed by atoms with Crippen molar-refractivity contribution in [3.63, 3.8) is 0 Å². The van der Waals surface area contributed by atoms with Crippen LogP contribution in [-0.2, 0) is 24.3 Å². The van der Waals surface area contributed by atoms with Gasteiger partial charge in [0.05, 0.1) is 0 Å². The van der Waals surface area contributed by atoms with Crippen molar-refractivity contribution in [3.05, 3.63) is 0 Å². The summed E-state index contributed by atoms with van der Waals surface area (Å²) in [5, 5.41) is 8.27. The van der Waals surface area contributed by atoms with E-state index in [2.05, 4.69) is 0 Å². The summed E-state index contributed by atoms with van der Waals surface area (Å²) in [5.74, 6) is -0.1000. The Morgan fingerprint density at radius 3 is 2.21 bits per heavy atom. The van der Waals surface area contributed by atoms with Crippen LogP contribution in [0.1, 0.15) is 6.42 Å². The summed E-state index contributed by atoms with van der Waals surface area (Å²) < 4.78 is 27.0. The maximum Gasteiger partial charge on any atom is 0.320 e. The van der Waals surface area contributed by atoms with E-state index < -0.39 is 31.5 Å².